The van der Waals surface area contributed by atoms with Gasteiger partial charge in [0.1, 0.15) is 11.6 Å². The second-order valence-electron chi connectivity index (χ2n) is 7.41. The Hall–Kier alpha value is -3.39. The number of hydrogen-bond acceptors (Lipinski definition) is 5. The van der Waals surface area contributed by atoms with Crippen LogP contribution in [0.15, 0.2) is 53.3 Å². The van der Waals surface area contributed by atoms with Gasteiger partial charge in [-0.1, -0.05) is 18.2 Å². The standard InChI is InChI=1S/C24H30N4O4/c1-5-27-22(26-21-13-7-6-12-20(21)23(27)29)17(2)28(14-9-15-31-3)24(30)25-18-10-8-11-19(16-18)32-4/h6-8,10-13,16-17H,5,9,14-15H2,1-4H3,(H,25,30). The number of urea groups is 1. The molecule has 3 aromatic rings. The molecule has 32 heavy (non-hydrogen) atoms. The van der Waals surface area contributed by atoms with E-state index in [1.165, 1.54) is 0 Å². The van der Waals surface area contributed by atoms with Crippen molar-refractivity contribution in [2.24, 2.45) is 0 Å². The topological polar surface area (TPSA) is 85.7 Å². The van der Waals surface area contributed by atoms with Gasteiger partial charge in [-0.05, 0) is 44.5 Å². The van der Waals surface area contributed by atoms with Crippen molar-refractivity contribution in [1.82, 2.24) is 14.5 Å². The number of fused-ring (bicyclic) bond motifs is 1. The van der Waals surface area contributed by atoms with Crippen molar-refractivity contribution in [2.45, 2.75) is 32.9 Å². The molecule has 1 unspecified atom stereocenters. The summed E-state index contributed by atoms with van der Waals surface area (Å²) in [7, 11) is 3.21. The Balaban J connectivity index is 1.97. The van der Waals surface area contributed by atoms with Gasteiger partial charge in [-0.3, -0.25) is 9.36 Å². The highest BCUT2D eigenvalue weighted by atomic mass is 16.5. The number of rotatable bonds is 9. The predicted molar refractivity (Wildman–Crippen MR) is 125 cm³/mol. The van der Waals surface area contributed by atoms with Crippen LogP contribution in [-0.4, -0.2) is 47.9 Å². The molecular formula is C24H30N4O4. The summed E-state index contributed by atoms with van der Waals surface area (Å²) in [6, 6.07) is 13.7. The van der Waals surface area contributed by atoms with Crippen molar-refractivity contribution in [3.05, 3.63) is 64.7 Å². The number of aromatic nitrogens is 2. The third kappa shape index (κ3) is 5.08. The van der Waals surface area contributed by atoms with Gasteiger partial charge in [0, 0.05) is 38.6 Å². The fourth-order valence-electron chi connectivity index (χ4n) is 3.70. The minimum Gasteiger partial charge on any atom is -0.497 e. The normalized spacial score (nSPS) is 11.9. The number of nitrogens with zero attached hydrogens (tertiary/aromatic N) is 3. The van der Waals surface area contributed by atoms with E-state index < -0.39 is 6.04 Å². The summed E-state index contributed by atoms with van der Waals surface area (Å²) in [5.41, 5.74) is 1.14. The number of nitrogens with one attached hydrogen (secondary N) is 1. The maximum absolute atomic E-state index is 13.3. The molecule has 0 saturated carbocycles. The molecule has 0 aliphatic carbocycles. The summed E-state index contributed by atoms with van der Waals surface area (Å²) in [5.74, 6) is 1.20. The smallest absolute Gasteiger partial charge is 0.322 e. The number of carbonyl (C=O) groups excluding carboxylic acids is 1. The van der Waals surface area contributed by atoms with Crippen LogP contribution in [-0.2, 0) is 11.3 Å². The van der Waals surface area contributed by atoms with Gasteiger partial charge in [0.25, 0.3) is 5.56 Å². The molecular weight excluding hydrogens is 408 g/mol. The van der Waals surface area contributed by atoms with Crippen LogP contribution in [0.3, 0.4) is 0 Å². The molecule has 0 spiro atoms. The zero-order chi connectivity index (χ0) is 23.1. The third-order valence-corrected chi connectivity index (χ3v) is 5.38. The molecule has 8 heteroatoms. The predicted octanol–water partition coefficient (Wildman–Crippen LogP) is 4.06. The average Bonchev–Trinajstić information content (AvgIpc) is 2.81. The van der Waals surface area contributed by atoms with E-state index in [2.05, 4.69) is 5.32 Å². The van der Waals surface area contributed by atoms with Crippen molar-refractivity contribution < 1.29 is 14.3 Å². The first-order valence-corrected chi connectivity index (χ1v) is 10.7. The molecule has 0 fully saturated rings. The Kier molecular flexibility index (Phi) is 7.83. The first-order chi connectivity index (χ1) is 15.5. The van der Waals surface area contributed by atoms with Crippen LogP contribution in [0.25, 0.3) is 10.9 Å². The second-order valence-corrected chi connectivity index (χ2v) is 7.41. The van der Waals surface area contributed by atoms with E-state index in [0.29, 0.717) is 54.3 Å². The van der Waals surface area contributed by atoms with Gasteiger partial charge in [0.15, 0.2) is 0 Å². The number of benzene rings is 2. The number of carbonyl (C=O) groups is 1. The molecule has 1 heterocycles. The molecule has 8 nitrogen and oxygen atoms in total. The molecule has 0 aliphatic heterocycles. The fraction of sp³-hybridized carbons (Fsp3) is 0.375. The maximum Gasteiger partial charge on any atom is 0.322 e. The van der Waals surface area contributed by atoms with Gasteiger partial charge in [-0.2, -0.15) is 0 Å². The third-order valence-electron chi connectivity index (χ3n) is 5.38. The van der Waals surface area contributed by atoms with Crippen LogP contribution in [0.4, 0.5) is 10.5 Å². The van der Waals surface area contributed by atoms with E-state index >= 15 is 0 Å². The lowest BCUT2D eigenvalue weighted by atomic mass is 10.2. The van der Waals surface area contributed by atoms with Crippen LogP contribution < -0.4 is 15.6 Å². The molecule has 170 valence electrons. The minimum atomic E-state index is -0.435. The number of hydrogen-bond donors (Lipinski definition) is 1. The van der Waals surface area contributed by atoms with Gasteiger partial charge in [0.05, 0.1) is 24.1 Å². The van der Waals surface area contributed by atoms with E-state index in [1.807, 2.05) is 44.2 Å². The Labute approximate surface area is 187 Å². The average molecular weight is 439 g/mol. The highest BCUT2D eigenvalue weighted by molar-refractivity contribution is 5.89. The highest BCUT2D eigenvalue weighted by Crippen LogP contribution is 2.23. The molecule has 0 saturated heterocycles. The number of amides is 2. The van der Waals surface area contributed by atoms with Crippen molar-refractivity contribution in [3.8, 4) is 5.75 Å². The Morgan fingerprint density at radius 1 is 1.19 bits per heavy atom. The summed E-state index contributed by atoms with van der Waals surface area (Å²) in [6.45, 7) is 5.21. The van der Waals surface area contributed by atoms with E-state index in [4.69, 9.17) is 14.5 Å². The summed E-state index contributed by atoms with van der Waals surface area (Å²) < 4.78 is 12.1. The number of anilines is 1. The van der Waals surface area contributed by atoms with Crippen LogP contribution in [0.1, 0.15) is 32.1 Å². The fourth-order valence-corrected chi connectivity index (χ4v) is 3.70. The Morgan fingerprint density at radius 2 is 1.97 bits per heavy atom. The summed E-state index contributed by atoms with van der Waals surface area (Å²) in [4.78, 5) is 32.8. The number of methoxy groups -OCH3 is 2. The van der Waals surface area contributed by atoms with Gasteiger partial charge >= 0.3 is 6.03 Å². The number of para-hydroxylation sites is 1. The summed E-state index contributed by atoms with van der Waals surface area (Å²) >= 11 is 0. The molecule has 1 N–H and O–H groups in total. The largest absolute Gasteiger partial charge is 0.497 e. The van der Waals surface area contributed by atoms with E-state index in [9.17, 15) is 9.59 Å². The lowest BCUT2D eigenvalue weighted by Gasteiger charge is -2.30. The molecule has 1 atom stereocenters. The monoisotopic (exact) mass is 438 g/mol. The van der Waals surface area contributed by atoms with Crippen LogP contribution in [0, 0.1) is 0 Å². The first kappa shape index (κ1) is 23.3. The van der Waals surface area contributed by atoms with E-state index in [-0.39, 0.29) is 11.6 Å². The number of ether oxygens (including phenoxy) is 2. The van der Waals surface area contributed by atoms with Crippen molar-refractivity contribution in [2.75, 3.05) is 32.7 Å². The molecule has 3 rings (SSSR count). The van der Waals surface area contributed by atoms with Crippen molar-refractivity contribution in [1.29, 1.82) is 0 Å². The van der Waals surface area contributed by atoms with Crippen molar-refractivity contribution >= 4 is 22.6 Å². The summed E-state index contributed by atoms with van der Waals surface area (Å²) in [6.07, 6.45) is 0.649. The minimum absolute atomic E-state index is 0.106. The summed E-state index contributed by atoms with van der Waals surface area (Å²) in [5, 5.41) is 3.50. The van der Waals surface area contributed by atoms with E-state index in [0.717, 1.165) is 0 Å². The van der Waals surface area contributed by atoms with E-state index in [1.54, 1.807) is 41.9 Å². The van der Waals surface area contributed by atoms with Gasteiger partial charge in [-0.25, -0.2) is 9.78 Å². The lowest BCUT2D eigenvalue weighted by Crippen LogP contribution is -2.41. The van der Waals surface area contributed by atoms with Crippen molar-refractivity contribution in [3.63, 3.8) is 0 Å². The quantitative estimate of drug-likeness (QED) is 0.509. The molecule has 1 aromatic heterocycles. The highest BCUT2D eigenvalue weighted by Gasteiger charge is 2.26. The zero-order valence-electron chi connectivity index (χ0n) is 19.0. The lowest BCUT2D eigenvalue weighted by molar-refractivity contribution is 0.158. The molecule has 0 bridgehead atoms. The first-order valence-electron chi connectivity index (χ1n) is 10.7. The van der Waals surface area contributed by atoms with Gasteiger partial charge < -0.3 is 19.7 Å². The zero-order valence-corrected chi connectivity index (χ0v) is 19.0. The Morgan fingerprint density at radius 3 is 2.69 bits per heavy atom. The molecule has 2 aromatic carbocycles. The Bertz CT molecular complexity index is 1130. The van der Waals surface area contributed by atoms with Gasteiger partial charge in [0.2, 0.25) is 0 Å². The maximum atomic E-state index is 13.3. The van der Waals surface area contributed by atoms with Crippen LogP contribution in [0.5, 0.6) is 5.75 Å². The molecule has 0 radical (unpaired) electrons. The molecule has 0 aliphatic rings. The second kappa shape index (κ2) is 10.8. The van der Waals surface area contributed by atoms with Crippen LogP contribution >= 0.6 is 0 Å². The van der Waals surface area contributed by atoms with Crippen LogP contribution in [0.2, 0.25) is 0 Å². The van der Waals surface area contributed by atoms with Gasteiger partial charge in [-0.15, -0.1) is 0 Å². The SMILES string of the molecule is CCn1c(C(C)N(CCCOC)C(=O)Nc2cccc(OC)c2)nc2ccccc2c1=O. The molecule has 2 amide bonds.